The summed E-state index contributed by atoms with van der Waals surface area (Å²) in [7, 11) is 1.92. The van der Waals surface area contributed by atoms with Crippen LogP contribution >= 0.6 is 0 Å². The number of hydrogen-bond donors (Lipinski definition) is 1. The van der Waals surface area contributed by atoms with Crippen LogP contribution in [0.4, 0.5) is 4.39 Å². The highest BCUT2D eigenvalue weighted by Crippen LogP contribution is 2.14. The van der Waals surface area contributed by atoms with E-state index in [2.05, 4.69) is 5.32 Å². The van der Waals surface area contributed by atoms with Crippen LogP contribution in [0.25, 0.3) is 0 Å². The van der Waals surface area contributed by atoms with Crippen molar-refractivity contribution in [2.75, 3.05) is 26.8 Å². The van der Waals surface area contributed by atoms with Crippen LogP contribution in [0.2, 0.25) is 0 Å². The molecule has 1 fully saturated rings. The summed E-state index contributed by atoms with van der Waals surface area (Å²) in [6, 6.07) is -0.0310. The van der Waals surface area contributed by atoms with Gasteiger partial charge in [-0.05, 0) is 26.4 Å². The number of carbonyl (C=O) groups is 1. The molecule has 1 aliphatic heterocycles. The SMILES string of the molecule is CN1CCCC1C(=O)NCCF. The zero-order chi connectivity index (χ0) is 8.97. The molecule has 0 bridgehead atoms. The summed E-state index contributed by atoms with van der Waals surface area (Å²) in [4.78, 5) is 13.3. The number of nitrogens with zero attached hydrogens (tertiary/aromatic N) is 1. The van der Waals surface area contributed by atoms with E-state index in [4.69, 9.17) is 0 Å². The van der Waals surface area contributed by atoms with Gasteiger partial charge in [0.2, 0.25) is 5.91 Å². The summed E-state index contributed by atoms with van der Waals surface area (Å²) in [6.45, 7) is 0.624. The molecule has 12 heavy (non-hydrogen) atoms. The molecule has 1 atom stereocenters. The summed E-state index contributed by atoms with van der Waals surface area (Å²) in [5, 5.41) is 2.55. The molecule has 1 aliphatic rings. The summed E-state index contributed by atoms with van der Waals surface area (Å²) in [5.74, 6) is -0.0346. The maximum Gasteiger partial charge on any atom is 0.237 e. The third-order valence-corrected chi connectivity index (χ3v) is 2.22. The fraction of sp³-hybridized carbons (Fsp3) is 0.875. The molecule has 0 aromatic rings. The zero-order valence-electron chi connectivity index (χ0n) is 7.35. The molecule has 0 saturated carbocycles. The molecule has 1 rings (SSSR count). The fourth-order valence-electron chi connectivity index (χ4n) is 1.53. The second-order valence-corrected chi connectivity index (χ2v) is 3.12. The van der Waals surface area contributed by atoms with E-state index in [0.717, 1.165) is 19.4 Å². The van der Waals surface area contributed by atoms with E-state index in [1.54, 1.807) is 0 Å². The van der Waals surface area contributed by atoms with Crippen molar-refractivity contribution >= 4 is 5.91 Å². The van der Waals surface area contributed by atoms with Crippen LogP contribution in [-0.4, -0.2) is 43.7 Å². The Balaban J connectivity index is 2.30. The Kier molecular flexibility index (Phi) is 3.47. The molecule has 1 unspecified atom stereocenters. The predicted molar refractivity (Wildman–Crippen MR) is 44.6 cm³/mol. The molecule has 1 saturated heterocycles. The second-order valence-electron chi connectivity index (χ2n) is 3.12. The van der Waals surface area contributed by atoms with Crippen molar-refractivity contribution in [1.82, 2.24) is 10.2 Å². The van der Waals surface area contributed by atoms with Crippen molar-refractivity contribution < 1.29 is 9.18 Å². The summed E-state index contributed by atoms with van der Waals surface area (Å²) in [6.07, 6.45) is 1.96. The largest absolute Gasteiger partial charge is 0.352 e. The van der Waals surface area contributed by atoms with Gasteiger partial charge >= 0.3 is 0 Å². The first-order valence-corrected chi connectivity index (χ1v) is 4.29. The van der Waals surface area contributed by atoms with Gasteiger partial charge in [0.15, 0.2) is 0 Å². The third kappa shape index (κ3) is 2.17. The smallest absolute Gasteiger partial charge is 0.237 e. The van der Waals surface area contributed by atoms with Crippen LogP contribution < -0.4 is 5.32 Å². The third-order valence-electron chi connectivity index (χ3n) is 2.22. The average molecular weight is 174 g/mol. The van der Waals surface area contributed by atoms with Crippen molar-refractivity contribution in [3.8, 4) is 0 Å². The van der Waals surface area contributed by atoms with Crippen LogP contribution in [-0.2, 0) is 4.79 Å². The van der Waals surface area contributed by atoms with Gasteiger partial charge in [-0.25, -0.2) is 4.39 Å². The molecule has 0 aromatic heterocycles. The number of likely N-dealkylation sites (N-methyl/N-ethyl adjacent to an activating group) is 1. The highest BCUT2D eigenvalue weighted by Gasteiger charge is 2.26. The zero-order valence-corrected chi connectivity index (χ0v) is 7.35. The summed E-state index contributed by atoms with van der Waals surface area (Å²) >= 11 is 0. The second kappa shape index (κ2) is 4.40. The number of amides is 1. The quantitative estimate of drug-likeness (QED) is 0.661. The van der Waals surface area contributed by atoms with Gasteiger partial charge < -0.3 is 5.32 Å². The number of rotatable bonds is 3. The van der Waals surface area contributed by atoms with Gasteiger partial charge in [-0.2, -0.15) is 0 Å². The molecule has 0 aromatic carbocycles. The van der Waals surface area contributed by atoms with Gasteiger partial charge in [-0.3, -0.25) is 9.69 Å². The van der Waals surface area contributed by atoms with Crippen LogP contribution in [0.3, 0.4) is 0 Å². The van der Waals surface area contributed by atoms with E-state index in [0.29, 0.717) is 0 Å². The first-order chi connectivity index (χ1) is 5.75. The van der Waals surface area contributed by atoms with E-state index in [1.165, 1.54) is 0 Å². The molecule has 0 aliphatic carbocycles. The lowest BCUT2D eigenvalue weighted by Crippen LogP contribution is -2.42. The van der Waals surface area contributed by atoms with Crippen LogP contribution in [0.15, 0.2) is 0 Å². The van der Waals surface area contributed by atoms with Crippen LogP contribution in [0.5, 0.6) is 0 Å². The lowest BCUT2D eigenvalue weighted by Gasteiger charge is -2.17. The molecule has 3 nitrogen and oxygen atoms in total. The average Bonchev–Trinajstić information content (AvgIpc) is 2.47. The van der Waals surface area contributed by atoms with Crippen molar-refractivity contribution in [2.24, 2.45) is 0 Å². The van der Waals surface area contributed by atoms with E-state index < -0.39 is 6.67 Å². The number of halogens is 1. The highest BCUT2D eigenvalue weighted by molar-refractivity contribution is 5.81. The number of alkyl halides is 1. The molecular formula is C8H15FN2O. The topological polar surface area (TPSA) is 32.3 Å². The first-order valence-electron chi connectivity index (χ1n) is 4.29. The minimum Gasteiger partial charge on any atom is -0.352 e. The molecule has 4 heteroatoms. The maximum absolute atomic E-state index is 11.7. The standard InChI is InChI=1S/C8H15FN2O/c1-11-6-2-3-7(11)8(12)10-5-4-9/h7H,2-6H2,1H3,(H,10,12). The van der Waals surface area contributed by atoms with Gasteiger partial charge in [0, 0.05) is 6.54 Å². The van der Waals surface area contributed by atoms with Gasteiger partial charge in [0.05, 0.1) is 6.04 Å². The number of likely N-dealkylation sites (tertiary alicyclic amines) is 1. The van der Waals surface area contributed by atoms with E-state index in [-0.39, 0.29) is 18.5 Å². The van der Waals surface area contributed by atoms with Crippen LogP contribution in [0.1, 0.15) is 12.8 Å². The van der Waals surface area contributed by atoms with E-state index in [9.17, 15) is 9.18 Å². The Bertz CT molecular complexity index is 163. The van der Waals surface area contributed by atoms with Crippen molar-refractivity contribution in [1.29, 1.82) is 0 Å². The minimum absolute atomic E-state index is 0.0310. The minimum atomic E-state index is -0.484. The van der Waals surface area contributed by atoms with Gasteiger partial charge in [-0.1, -0.05) is 0 Å². The predicted octanol–water partition coefficient (Wildman–Crippen LogP) is 0.166. The monoisotopic (exact) mass is 174 g/mol. The molecule has 1 amide bonds. The van der Waals surface area contributed by atoms with Gasteiger partial charge in [0.1, 0.15) is 6.67 Å². The van der Waals surface area contributed by atoms with Gasteiger partial charge in [-0.15, -0.1) is 0 Å². The molecule has 1 N–H and O–H groups in total. The van der Waals surface area contributed by atoms with Crippen molar-refractivity contribution in [2.45, 2.75) is 18.9 Å². The van der Waals surface area contributed by atoms with Gasteiger partial charge in [0.25, 0.3) is 0 Å². The lowest BCUT2D eigenvalue weighted by molar-refractivity contribution is -0.125. The Morgan fingerprint density at radius 2 is 2.50 bits per heavy atom. The Morgan fingerprint density at radius 1 is 1.75 bits per heavy atom. The van der Waals surface area contributed by atoms with E-state index in [1.807, 2.05) is 11.9 Å². The maximum atomic E-state index is 11.7. The first kappa shape index (κ1) is 9.45. The van der Waals surface area contributed by atoms with Crippen molar-refractivity contribution in [3.63, 3.8) is 0 Å². The Hall–Kier alpha value is -0.640. The molecule has 0 radical (unpaired) electrons. The number of carbonyl (C=O) groups excluding carboxylic acids is 1. The van der Waals surface area contributed by atoms with E-state index >= 15 is 0 Å². The summed E-state index contributed by atoms with van der Waals surface area (Å²) < 4.78 is 11.7. The molecule has 1 heterocycles. The number of nitrogens with one attached hydrogen (secondary N) is 1. The number of hydrogen-bond acceptors (Lipinski definition) is 2. The Labute approximate surface area is 71.9 Å². The fourth-order valence-corrected chi connectivity index (χ4v) is 1.53. The normalized spacial score (nSPS) is 24.3. The molecule has 70 valence electrons. The summed E-state index contributed by atoms with van der Waals surface area (Å²) in [5.41, 5.74) is 0. The molecule has 0 spiro atoms. The lowest BCUT2D eigenvalue weighted by atomic mass is 10.2. The Morgan fingerprint density at radius 3 is 3.00 bits per heavy atom. The van der Waals surface area contributed by atoms with Crippen LogP contribution in [0, 0.1) is 0 Å². The highest BCUT2D eigenvalue weighted by atomic mass is 19.1. The van der Waals surface area contributed by atoms with Crippen molar-refractivity contribution in [3.05, 3.63) is 0 Å². The molecular weight excluding hydrogens is 159 g/mol.